The van der Waals surface area contributed by atoms with Crippen LogP contribution >= 0.6 is 27.5 Å². The van der Waals surface area contributed by atoms with Crippen molar-refractivity contribution < 1.29 is 0 Å². The van der Waals surface area contributed by atoms with Crippen molar-refractivity contribution in [2.75, 3.05) is 6.54 Å². The lowest BCUT2D eigenvalue weighted by molar-refractivity contribution is 0.265. The van der Waals surface area contributed by atoms with Gasteiger partial charge in [0.15, 0.2) is 0 Å². The van der Waals surface area contributed by atoms with Crippen LogP contribution in [-0.2, 0) is 0 Å². The molecular formula is C9H11BrClN3. The molecule has 0 unspecified atom stereocenters. The zero-order valence-corrected chi connectivity index (χ0v) is 9.92. The third-order valence-electron chi connectivity index (χ3n) is 2.50. The van der Waals surface area contributed by atoms with Crippen LogP contribution in [0, 0.1) is 0 Å². The Balaban J connectivity index is 2.28. The highest BCUT2D eigenvalue weighted by Gasteiger charge is 2.23. The van der Waals surface area contributed by atoms with Gasteiger partial charge in [0.05, 0.1) is 10.5 Å². The molecule has 1 aliphatic heterocycles. The molecule has 0 saturated carbocycles. The van der Waals surface area contributed by atoms with Crippen molar-refractivity contribution in [1.29, 1.82) is 0 Å². The van der Waals surface area contributed by atoms with E-state index >= 15 is 0 Å². The van der Waals surface area contributed by atoms with Crippen molar-refractivity contribution in [3.8, 4) is 0 Å². The quantitative estimate of drug-likeness (QED) is 0.633. The van der Waals surface area contributed by atoms with E-state index in [1.165, 1.54) is 0 Å². The molecule has 0 aromatic carbocycles. The number of pyridine rings is 1. The maximum absolute atomic E-state index is 5.86. The number of halogens is 2. The second kappa shape index (κ2) is 4.14. The van der Waals surface area contributed by atoms with Crippen LogP contribution in [0.4, 0.5) is 0 Å². The van der Waals surface area contributed by atoms with E-state index in [9.17, 15) is 0 Å². The van der Waals surface area contributed by atoms with Gasteiger partial charge in [-0.15, -0.1) is 0 Å². The van der Waals surface area contributed by atoms with Crippen LogP contribution < -0.4 is 5.84 Å². The predicted octanol–water partition coefficient (Wildman–Crippen LogP) is 2.51. The molecule has 0 spiro atoms. The minimum absolute atomic E-state index is 0.288. The molecule has 1 atom stereocenters. The van der Waals surface area contributed by atoms with Gasteiger partial charge in [0, 0.05) is 12.7 Å². The van der Waals surface area contributed by atoms with Gasteiger partial charge in [-0.3, -0.25) is 5.84 Å². The first-order valence-electron chi connectivity index (χ1n) is 4.51. The molecule has 3 nitrogen and oxygen atoms in total. The third kappa shape index (κ3) is 1.93. The van der Waals surface area contributed by atoms with Crippen molar-refractivity contribution in [2.45, 2.75) is 18.9 Å². The fourth-order valence-corrected chi connectivity index (χ4v) is 2.24. The summed E-state index contributed by atoms with van der Waals surface area (Å²) in [7, 11) is 0. The SMILES string of the molecule is NN1CCC[C@@H]1c1cnc(Cl)c(Br)c1. The minimum Gasteiger partial charge on any atom is -0.268 e. The van der Waals surface area contributed by atoms with Gasteiger partial charge in [-0.25, -0.2) is 9.99 Å². The smallest absolute Gasteiger partial charge is 0.143 e. The van der Waals surface area contributed by atoms with Crippen LogP contribution in [0.2, 0.25) is 5.15 Å². The van der Waals surface area contributed by atoms with Gasteiger partial charge in [-0.1, -0.05) is 11.6 Å². The molecule has 1 aromatic heterocycles. The molecule has 0 aliphatic carbocycles. The molecule has 0 radical (unpaired) electrons. The van der Waals surface area contributed by atoms with E-state index in [1.54, 1.807) is 6.20 Å². The molecule has 76 valence electrons. The largest absolute Gasteiger partial charge is 0.268 e. The molecule has 1 aromatic rings. The van der Waals surface area contributed by atoms with Crippen LogP contribution in [0.5, 0.6) is 0 Å². The first-order valence-corrected chi connectivity index (χ1v) is 5.68. The Labute approximate surface area is 96.3 Å². The van der Waals surface area contributed by atoms with Gasteiger partial charge in [-0.2, -0.15) is 0 Å². The Kier molecular flexibility index (Phi) is 3.07. The monoisotopic (exact) mass is 275 g/mol. The van der Waals surface area contributed by atoms with Gasteiger partial charge in [0.2, 0.25) is 0 Å². The van der Waals surface area contributed by atoms with Gasteiger partial charge in [-0.05, 0) is 40.4 Å². The maximum atomic E-state index is 5.86. The molecule has 1 fully saturated rings. The van der Waals surface area contributed by atoms with E-state index in [2.05, 4.69) is 20.9 Å². The van der Waals surface area contributed by atoms with Gasteiger partial charge >= 0.3 is 0 Å². The summed E-state index contributed by atoms with van der Waals surface area (Å²) >= 11 is 9.18. The lowest BCUT2D eigenvalue weighted by Gasteiger charge is -2.19. The highest BCUT2D eigenvalue weighted by molar-refractivity contribution is 9.10. The number of hydrogen-bond donors (Lipinski definition) is 1. The van der Waals surface area contributed by atoms with Crippen LogP contribution in [0.1, 0.15) is 24.4 Å². The van der Waals surface area contributed by atoms with Gasteiger partial charge < -0.3 is 0 Å². The number of hydrogen-bond acceptors (Lipinski definition) is 3. The molecule has 1 saturated heterocycles. The second-order valence-electron chi connectivity index (χ2n) is 3.44. The second-order valence-corrected chi connectivity index (χ2v) is 4.65. The average Bonchev–Trinajstić information content (AvgIpc) is 2.57. The molecular weight excluding hydrogens is 265 g/mol. The summed E-state index contributed by atoms with van der Waals surface area (Å²) in [5.41, 5.74) is 1.13. The summed E-state index contributed by atoms with van der Waals surface area (Å²) in [6.45, 7) is 0.949. The Morgan fingerprint density at radius 1 is 1.64 bits per heavy atom. The molecule has 1 aliphatic rings. The molecule has 0 amide bonds. The number of nitrogens with two attached hydrogens (primary N) is 1. The molecule has 5 heteroatoms. The van der Waals surface area contributed by atoms with Crippen LogP contribution in [0.3, 0.4) is 0 Å². The fourth-order valence-electron chi connectivity index (χ4n) is 1.77. The van der Waals surface area contributed by atoms with Crippen molar-refractivity contribution in [1.82, 2.24) is 9.99 Å². The van der Waals surface area contributed by atoms with E-state index in [0.29, 0.717) is 5.15 Å². The predicted molar refractivity (Wildman–Crippen MR) is 59.8 cm³/mol. The van der Waals surface area contributed by atoms with E-state index in [1.807, 2.05) is 11.1 Å². The zero-order valence-electron chi connectivity index (χ0n) is 7.58. The summed E-state index contributed by atoms with van der Waals surface area (Å²) in [4.78, 5) is 4.09. The molecule has 0 bridgehead atoms. The Bertz CT molecular complexity index is 345. The number of rotatable bonds is 1. The van der Waals surface area contributed by atoms with Crippen molar-refractivity contribution >= 4 is 27.5 Å². The van der Waals surface area contributed by atoms with E-state index < -0.39 is 0 Å². The molecule has 2 rings (SSSR count). The van der Waals surface area contributed by atoms with Crippen LogP contribution in [-0.4, -0.2) is 16.5 Å². The Morgan fingerprint density at radius 3 is 3.00 bits per heavy atom. The average molecular weight is 277 g/mol. The highest BCUT2D eigenvalue weighted by atomic mass is 79.9. The summed E-state index contributed by atoms with van der Waals surface area (Å²) in [6, 6.07) is 2.28. The topological polar surface area (TPSA) is 42.1 Å². The van der Waals surface area contributed by atoms with Crippen LogP contribution in [0.15, 0.2) is 16.7 Å². The van der Waals surface area contributed by atoms with Crippen molar-refractivity contribution in [3.05, 3.63) is 27.5 Å². The zero-order chi connectivity index (χ0) is 10.1. The van der Waals surface area contributed by atoms with E-state index in [4.69, 9.17) is 17.4 Å². The normalized spacial score (nSPS) is 22.9. The molecule has 14 heavy (non-hydrogen) atoms. The number of hydrazine groups is 1. The van der Waals surface area contributed by atoms with Gasteiger partial charge in [0.25, 0.3) is 0 Å². The van der Waals surface area contributed by atoms with Crippen molar-refractivity contribution in [2.24, 2.45) is 5.84 Å². The fraction of sp³-hybridized carbons (Fsp3) is 0.444. The van der Waals surface area contributed by atoms with Crippen LogP contribution in [0.25, 0.3) is 0 Å². The number of nitrogens with zero attached hydrogens (tertiary/aromatic N) is 2. The molecule has 2 N–H and O–H groups in total. The summed E-state index contributed by atoms with van der Waals surface area (Å²) in [5.74, 6) is 5.86. The Hall–Kier alpha value is -0.160. The highest BCUT2D eigenvalue weighted by Crippen LogP contribution is 2.31. The summed E-state index contributed by atoms with van der Waals surface area (Å²) in [5, 5.41) is 2.35. The van der Waals surface area contributed by atoms with Crippen molar-refractivity contribution in [3.63, 3.8) is 0 Å². The first-order chi connectivity index (χ1) is 6.68. The standard InChI is InChI=1S/C9H11BrClN3/c10-7-4-6(5-13-9(7)11)8-2-1-3-14(8)12/h4-5,8H,1-3,12H2/t8-/m1/s1. The van der Waals surface area contributed by atoms with E-state index in [-0.39, 0.29) is 6.04 Å². The first kappa shape index (κ1) is 10.4. The minimum atomic E-state index is 0.288. The Morgan fingerprint density at radius 2 is 2.43 bits per heavy atom. The summed E-state index contributed by atoms with van der Waals surface area (Å²) in [6.07, 6.45) is 4.02. The number of aromatic nitrogens is 1. The lowest BCUT2D eigenvalue weighted by Crippen LogP contribution is -2.30. The van der Waals surface area contributed by atoms with Gasteiger partial charge in [0.1, 0.15) is 5.15 Å². The summed E-state index contributed by atoms with van der Waals surface area (Å²) < 4.78 is 0.831. The van der Waals surface area contributed by atoms with E-state index in [0.717, 1.165) is 29.4 Å². The third-order valence-corrected chi connectivity index (χ3v) is 3.63. The molecule has 2 heterocycles. The lowest BCUT2D eigenvalue weighted by atomic mass is 10.1. The maximum Gasteiger partial charge on any atom is 0.143 e.